The molecule has 0 aliphatic rings. The van der Waals surface area contributed by atoms with Gasteiger partial charge in [-0.15, -0.1) is 10.2 Å². The van der Waals surface area contributed by atoms with Crippen molar-refractivity contribution in [3.05, 3.63) is 76.4 Å². The highest BCUT2D eigenvalue weighted by molar-refractivity contribution is 6.31. The number of carbonyl (C=O) groups is 2. The van der Waals surface area contributed by atoms with Gasteiger partial charge in [0.15, 0.2) is 17.3 Å². The maximum absolute atomic E-state index is 12.3. The van der Waals surface area contributed by atoms with Crippen LogP contribution in [0.4, 0.5) is 17.2 Å². The van der Waals surface area contributed by atoms with E-state index in [2.05, 4.69) is 20.8 Å². The molecule has 3 rings (SSSR count). The van der Waals surface area contributed by atoms with Crippen LogP contribution in [0.15, 0.2) is 54.6 Å². The van der Waals surface area contributed by atoms with E-state index in [1.165, 1.54) is 6.92 Å². The number of carbonyl (C=O) groups excluding carboxylic acids is 2. The minimum absolute atomic E-state index is 0.0716. The molecular weight excluding hydrogens is 364 g/mol. The van der Waals surface area contributed by atoms with Crippen LogP contribution in [0, 0.1) is 6.92 Å². The van der Waals surface area contributed by atoms with Crippen molar-refractivity contribution >= 4 is 40.5 Å². The Labute approximate surface area is 161 Å². The first-order valence-corrected chi connectivity index (χ1v) is 8.60. The molecule has 2 N–H and O–H groups in total. The Morgan fingerprint density at radius 2 is 1.78 bits per heavy atom. The molecule has 1 amide bonds. The van der Waals surface area contributed by atoms with Crippen molar-refractivity contribution in [2.45, 2.75) is 13.8 Å². The summed E-state index contributed by atoms with van der Waals surface area (Å²) >= 11 is 6.10. The molecular formula is C20H17ClN4O2. The molecule has 7 heteroatoms. The molecule has 0 fully saturated rings. The lowest BCUT2D eigenvalue weighted by atomic mass is 10.1. The van der Waals surface area contributed by atoms with Crippen LogP contribution in [0.25, 0.3) is 0 Å². The van der Waals surface area contributed by atoms with E-state index in [9.17, 15) is 9.59 Å². The standard InChI is InChI=1S/C20H17ClN4O2/c1-12-16(21)7-4-8-17(12)23-19-10-9-18(24-25-19)20(27)22-15-6-3-5-14(11-15)13(2)26/h3-11H,1-2H3,(H,22,27)(H,23,25). The fraction of sp³-hybridized carbons (Fsp3) is 0.100. The number of hydrogen-bond donors (Lipinski definition) is 2. The van der Waals surface area contributed by atoms with Gasteiger partial charge in [-0.05, 0) is 55.8 Å². The molecule has 0 saturated carbocycles. The quantitative estimate of drug-likeness (QED) is 0.630. The Hall–Kier alpha value is -3.25. The Balaban J connectivity index is 1.71. The van der Waals surface area contributed by atoms with Crippen molar-refractivity contribution in [1.82, 2.24) is 10.2 Å². The van der Waals surface area contributed by atoms with E-state index in [-0.39, 0.29) is 11.5 Å². The highest BCUT2D eigenvalue weighted by atomic mass is 35.5. The second-order valence-corrected chi connectivity index (χ2v) is 6.34. The van der Waals surface area contributed by atoms with Crippen LogP contribution >= 0.6 is 11.6 Å². The van der Waals surface area contributed by atoms with Crippen LogP contribution in [0.2, 0.25) is 5.02 Å². The number of rotatable bonds is 5. The maximum atomic E-state index is 12.3. The predicted molar refractivity (Wildman–Crippen MR) is 106 cm³/mol. The third-order valence-corrected chi connectivity index (χ3v) is 4.36. The predicted octanol–water partition coefficient (Wildman–Crippen LogP) is 4.64. The number of halogens is 1. The van der Waals surface area contributed by atoms with Gasteiger partial charge in [-0.25, -0.2) is 0 Å². The van der Waals surface area contributed by atoms with Crippen LogP contribution in [0.3, 0.4) is 0 Å². The number of nitrogens with zero attached hydrogens (tertiary/aromatic N) is 2. The Morgan fingerprint density at radius 1 is 1.00 bits per heavy atom. The van der Waals surface area contributed by atoms with E-state index in [0.29, 0.717) is 22.1 Å². The van der Waals surface area contributed by atoms with Crippen molar-refractivity contribution < 1.29 is 9.59 Å². The summed E-state index contributed by atoms with van der Waals surface area (Å²) < 4.78 is 0. The van der Waals surface area contributed by atoms with E-state index < -0.39 is 5.91 Å². The summed E-state index contributed by atoms with van der Waals surface area (Å²) in [6.07, 6.45) is 0. The van der Waals surface area contributed by atoms with Gasteiger partial charge in [0, 0.05) is 22.0 Å². The average molecular weight is 381 g/mol. The monoisotopic (exact) mass is 380 g/mol. The summed E-state index contributed by atoms with van der Waals surface area (Å²) in [4.78, 5) is 23.8. The molecule has 6 nitrogen and oxygen atoms in total. The highest BCUT2D eigenvalue weighted by Crippen LogP contribution is 2.25. The van der Waals surface area contributed by atoms with Gasteiger partial charge in [-0.3, -0.25) is 9.59 Å². The fourth-order valence-electron chi connectivity index (χ4n) is 2.41. The van der Waals surface area contributed by atoms with E-state index in [0.717, 1.165) is 11.3 Å². The third-order valence-electron chi connectivity index (χ3n) is 3.95. The number of nitrogens with one attached hydrogen (secondary N) is 2. The number of benzene rings is 2. The lowest BCUT2D eigenvalue weighted by Gasteiger charge is -2.10. The van der Waals surface area contributed by atoms with Crippen molar-refractivity contribution in [2.75, 3.05) is 10.6 Å². The highest BCUT2D eigenvalue weighted by Gasteiger charge is 2.10. The maximum Gasteiger partial charge on any atom is 0.276 e. The minimum atomic E-state index is -0.409. The van der Waals surface area contributed by atoms with Gasteiger partial charge in [-0.1, -0.05) is 29.8 Å². The van der Waals surface area contributed by atoms with Crippen LogP contribution in [0.1, 0.15) is 33.3 Å². The Morgan fingerprint density at radius 3 is 2.48 bits per heavy atom. The topological polar surface area (TPSA) is 84.0 Å². The third kappa shape index (κ3) is 4.48. The van der Waals surface area contributed by atoms with E-state index in [1.807, 2.05) is 25.1 Å². The summed E-state index contributed by atoms with van der Waals surface area (Å²) in [5.74, 6) is 0.0156. The lowest BCUT2D eigenvalue weighted by molar-refractivity contribution is 0.100. The summed E-state index contributed by atoms with van der Waals surface area (Å²) in [5.41, 5.74) is 2.92. The van der Waals surface area contributed by atoms with Gasteiger partial charge in [0.25, 0.3) is 5.91 Å². The molecule has 0 atom stereocenters. The molecule has 0 aliphatic carbocycles. The molecule has 0 spiro atoms. The van der Waals surface area contributed by atoms with E-state index in [1.54, 1.807) is 36.4 Å². The summed E-state index contributed by atoms with van der Waals surface area (Å²) in [7, 11) is 0. The second kappa shape index (κ2) is 7.97. The number of amides is 1. The first-order valence-electron chi connectivity index (χ1n) is 8.22. The molecule has 136 valence electrons. The smallest absolute Gasteiger partial charge is 0.276 e. The first kappa shape index (κ1) is 18.5. The van der Waals surface area contributed by atoms with Crippen molar-refractivity contribution in [3.8, 4) is 0 Å². The van der Waals surface area contributed by atoms with Gasteiger partial charge in [0.2, 0.25) is 0 Å². The van der Waals surface area contributed by atoms with E-state index >= 15 is 0 Å². The molecule has 3 aromatic rings. The van der Waals surface area contributed by atoms with Crippen LogP contribution in [0.5, 0.6) is 0 Å². The largest absolute Gasteiger partial charge is 0.338 e. The first-order chi connectivity index (χ1) is 12.9. The Kier molecular flexibility index (Phi) is 5.47. The van der Waals surface area contributed by atoms with Crippen molar-refractivity contribution in [3.63, 3.8) is 0 Å². The minimum Gasteiger partial charge on any atom is -0.338 e. The Bertz CT molecular complexity index is 1000. The number of aromatic nitrogens is 2. The fourth-order valence-corrected chi connectivity index (χ4v) is 2.59. The van der Waals surface area contributed by atoms with Crippen molar-refractivity contribution in [1.29, 1.82) is 0 Å². The molecule has 1 heterocycles. The van der Waals surface area contributed by atoms with Gasteiger partial charge in [0.05, 0.1) is 0 Å². The zero-order chi connectivity index (χ0) is 19.4. The number of Topliss-reactive ketones (excluding diaryl/α,β-unsaturated/α-hetero) is 1. The molecule has 0 unspecified atom stereocenters. The van der Waals surface area contributed by atoms with Crippen molar-refractivity contribution in [2.24, 2.45) is 0 Å². The number of ketones is 1. The SMILES string of the molecule is CC(=O)c1cccc(NC(=O)c2ccc(Nc3cccc(Cl)c3C)nn2)c1. The van der Waals surface area contributed by atoms with Crippen LogP contribution in [-0.2, 0) is 0 Å². The lowest BCUT2D eigenvalue weighted by Crippen LogP contribution is -2.15. The molecule has 0 aliphatic heterocycles. The molecule has 0 bridgehead atoms. The zero-order valence-electron chi connectivity index (χ0n) is 14.8. The summed E-state index contributed by atoms with van der Waals surface area (Å²) in [5, 5.41) is 14.5. The molecule has 1 aromatic heterocycles. The zero-order valence-corrected chi connectivity index (χ0v) is 15.5. The normalized spacial score (nSPS) is 10.3. The second-order valence-electron chi connectivity index (χ2n) is 5.93. The molecule has 27 heavy (non-hydrogen) atoms. The van der Waals surface area contributed by atoms with Crippen LogP contribution < -0.4 is 10.6 Å². The van der Waals surface area contributed by atoms with Gasteiger partial charge < -0.3 is 10.6 Å². The molecule has 2 aromatic carbocycles. The van der Waals surface area contributed by atoms with Gasteiger partial charge in [0.1, 0.15) is 0 Å². The van der Waals surface area contributed by atoms with Gasteiger partial charge in [-0.2, -0.15) is 0 Å². The number of anilines is 3. The average Bonchev–Trinajstić information content (AvgIpc) is 2.66. The summed E-state index contributed by atoms with van der Waals surface area (Å²) in [6, 6.07) is 15.5. The van der Waals surface area contributed by atoms with Crippen LogP contribution in [-0.4, -0.2) is 21.9 Å². The molecule has 0 saturated heterocycles. The number of hydrogen-bond acceptors (Lipinski definition) is 5. The van der Waals surface area contributed by atoms with E-state index in [4.69, 9.17) is 11.6 Å². The van der Waals surface area contributed by atoms with Gasteiger partial charge >= 0.3 is 0 Å². The summed E-state index contributed by atoms with van der Waals surface area (Å²) in [6.45, 7) is 3.37. The molecule has 0 radical (unpaired) electrons.